The predicted molar refractivity (Wildman–Crippen MR) is 62.2 cm³/mol. The first kappa shape index (κ1) is 9.51. The van der Waals surface area contributed by atoms with Gasteiger partial charge in [-0.25, -0.2) is 0 Å². The van der Waals surface area contributed by atoms with Crippen LogP contribution in [0.2, 0.25) is 0 Å². The summed E-state index contributed by atoms with van der Waals surface area (Å²) in [6, 6.07) is 8.84. The average Bonchev–Trinajstić information content (AvgIpc) is 2.69. The lowest BCUT2D eigenvalue weighted by Gasteiger charge is -2.07. The summed E-state index contributed by atoms with van der Waals surface area (Å²) >= 11 is 0. The van der Waals surface area contributed by atoms with Crippen molar-refractivity contribution in [3.63, 3.8) is 0 Å². The van der Waals surface area contributed by atoms with E-state index in [1.165, 1.54) is 42.4 Å². The van der Waals surface area contributed by atoms with Crippen LogP contribution < -0.4 is 0 Å². The zero-order chi connectivity index (χ0) is 9.97. The minimum atomic E-state index is 1.32. The number of benzene rings is 1. The molecule has 0 radical (unpaired) electrons. The third-order valence-corrected chi connectivity index (χ3v) is 3.19. The quantitative estimate of drug-likeness (QED) is 0.612. The standard InChI is InChI=1S/C14H18/c1-11-6-5-9-14(10-11)12(2)13-7-3-4-8-13/h5-6,9-10H,3-4,7-8H2,1-2H3. The van der Waals surface area contributed by atoms with Gasteiger partial charge in [0.05, 0.1) is 0 Å². The van der Waals surface area contributed by atoms with E-state index in [4.69, 9.17) is 0 Å². The van der Waals surface area contributed by atoms with E-state index in [1.807, 2.05) is 0 Å². The Labute approximate surface area is 86.7 Å². The number of rotatable bonds is 1. The highest BCUT2D eigenvalue weighted by Gasteiger charge is 2.10. The Kier molecular flexibility index (Phi) is 2.72. The summed E-state index contributed by atoms with van der Waals surface area (Å²) in [5.74, 6) is 0. The van der Waals surface area contributed by atoms with E-state index < -0.39 is 0 Å². The van der Waals surface area contributed by atoms with Gasteiger partial charge in [-0.1, -0.05) is 35.4 Å². The molecule has 74 valence electrons. The predicted octanol–water partition coefficient (Wildman–Crippen LogP) is 4.34. The van der Waals surface area contributed by atoms with Crippen LogP contribution in [-0.4, -0.2) is 0 Å². The van der Waals surface area contributed by atoms with Crippen molar-refractivity contribution in [1.82, 2.24) is 0 Å². The molecule has 0 amide bonds. The Morgan fingerprint density at radius 2 is 1.86 bits per heavy atom. The van der Waals surface area contributed by atoms with Gasteiger partial charge in [-0.15, -0.1) is 0 Å². The van der Waals surface area contributed by atoms with Crippen LogP contribution in [0.3, 0.4) is 0 Å². The maximum Gasteiger partial charge on any atom is -0.0225 e. The van der Waals surface area contributed by atoms with Crippen molar-refractivity contribution in [1.29, 1.82) is 0 Å². The van der Waals surface area contributed by atoms with E-state index in [9.17, 15) is 0 Å². The Morgan fingerprint density at radius 1 is 1.14 bits per heavy atom. The van der Waals surface area contributed by atoms with Gasteiger partial charge in [-0.3, -0.25) is 0 Å². The van der Waals surface area contributed by atoms with Crippen LogP contribution in [0.4, 0.5) is 0 Å². The summed E-state index contributed by atoms with van der Waals surface area (Å²) in [6.45, 7) is 4.44. The molecule has 1 saturated carbocycles. The second-order valence-corrected chi connectivity index (χ2v) is 4.31. The van der Waals surface area contributed by atoms with Gasteiger partial charge in [-0.05, 0) is 50.7 Å². The molecule has 1 aliphatic rings. The second-order valence-electron chi connectivity index (χ2n) is 4.31. The van der Waals surface area contributed by atoms with Crippen molar-refractivity contribution >= 4 is 5.57 Å². The molecule has 0 heteroatoms. The molecule has 0 atom stereocenters. The minimum Gasteiger partial charge on any atom is -0.0667 e. The van der Waals surface area contributed by atoms with Crippen molar-refractivity contribution in [2.24, 2.45) is 0 Å². The second kappa shape index (κ2) is 4.00. The number of hydrogen-bond acceptors (Lipinski definition) is 0. The lowest BCUT2D eigenvalue weighted by Crippen LogP contribution is -1.85. The van der Waals surface area contributed by atoms with Crippen molar-refractivity contribution in [3.8, 4) is 0 Å². The lowest BCUT2D eigenvalue weighted by atomic mass is 9.99. The number of allylic oxidation sites excluding steroid dienone is 2. The fourth-order valence-corrected chi connectivity index (χ4v) is 2.26. The van der Waals surface area contributed by atoms with E-state index in [2.05, 4.69) is 38.1 Å². The number of aryl methyl sites for hydroxylation is 1. The highest BCUT2D eigenvalue weighted by molar-refractivity contribution is 5.67. The molecule has 2 rings (SSSR count). The van der Waals surface area contributed by atoms with Gasteiger partial charge in [0.1, 0.15) is 0 Å². The van der Waals surface area contributed by atoms with Gasteiger partial charge < -0.3 is 0 Å². The maximum atomic E-state index is 2.29. The Morgan fingerprint density at radius 3 is 2.50 bits per heavy atom. The summed E-state index contributed by atoms with van der Waals surface area (Å²) in [4.78, 5) is 0. The van der Waals surface area contributed by atoms with Gasteiger partial charge in [0, 0.05) is 0 Å². The average molecular weight is 186 g/mol. The van der Waals surface area contributed by atoms with Crippen molar-refractivity contribution in [3.05, 3.63) is 41.0 Å². The van der Waals surface area contributed by atoms with Gasteiger partial charge in [-0.2, -0.15) is 0 Å². The van der Waals surface area contributed by atoms with Gasteiger partial charge in [0.15, 0.2) is 0 Å². The van der Waals surface area contributed by atoms with Crippen molar-refractivity contribution < 1.29 is 0 Å². The number of hydrogen-bond donors (Lipinski definition) is 0. The zero-order valence-electron chi connectivity index (χ0n) is 9.14. The third kappa shape index (κ3) is 1.89. The molecule has 0 aliphatic heterocycles. The van der Waals surface area contributed by atoms with E-state index >= 15 is 0 Å². The van der Waals surface area contributed by atoms with E-state index in [0.29, 0.717) is 0 Å². The Balaban J connectivity index is 2.34. The zero-order valence-corrected chi connectivity index (χ0v) is 9.14. The highest BCUT2D eigenvalue weighted by atomic mass is 14.2. The molecule has 1 aliphatic carbocycles. The molecular formula is C14H18. The van der Waals surface area contributed by atoms with E-state index in [0.717, 1.165) is 0 Å². The fraction of sp³-hybridized carbons (Fsp3) is 0.429. The van der Waals surface area contributed by atoms with Crippen LogP contribution in [0.15, 0.2) is 29.8 Å². The van der Waals surface area contributed by atoms with Gasteiger partial charge in [0.2, 0.25) is 0 Å². The summed E-state index contributed by atoms with van der Waals surface area (Å²) in [6.07, 6.45) is 5.41. The van der Waals surface area contributed by atoms with Crippen LogP contribution in [-0.2, 0) is 0 Å². The van der Waals surface area contributed by atoms with E-state index in [-0.39, 0.29) is 0 Å². The van der Waals surface area contributed by atoms with Gasteiger partial charge >= 0.3 is 0 Å². The van der Waals surface area contributed by atoms with Crippen LogP contribution in [0.25, 0.3) is 5.57 Å². The topological polar surface area (TPSA) is 0 Å². The molecule has 1 fully saturated rings. The molecular weight excluding hydrogens is 168 g/mol. The van der Waals surface area contributed by atoms with Crippen LogP contribution in [0, 0.1) is 6.92 Å². The molecule has 0 unspecified atom stereocenters. The Bertz CT molecular complexity index is 350. The van der Waals surface area contributed by atoms with Crippen molar-refractivity contribution in [2.75, 3.05) is 0 Å². The summed E-state index contributed by atoms with van der Waals surface area (Å²) < 4.78 is 0. The van der Waals surface area contributed by atoms with Crippen LogP contribution in [0.1, 0.15) is 43.7 Å². The molecule has 0 aromatic heterocycles. The van der Waals surface area contributed by atoms with Gasteiger partial charge in [0.25, 0.3) is 0 Å². The van der Waals surface area contributed by atoms with Crippen LogP contribution >= 0.6 is 0 Å². The highest BCUT2D eigenvalue weighted by Crippen LogP contribution is 2.31. The normalized spacial score (nSPS) is 16.0. The molecule has 0 spiro atoms. The smallest absolute Gasteiger partial charge is 0.0225 e. The molecule has 0 bridgehead atoms. The summed E-state index contributed by atoms with van der Waals surface area (Å²) in [7, 11) is 0. The lowest BCUT2D eigenvalue weighted by molar-refractivity contribution is 0.886. The SMILES string of the molecule is CC(=C1CCCC1)c1cccc(C)c1. The molecule has 0 heterocycles. The minimum absolute atomic E-state index is 1.32. The largest absolute Gasteiger partial charge is 0.0667 e. The summed E-state index contributed by atoms with van der Waals surface area (Å²) in [5.41, 5.74) is 5.98. The van der Waals surface area contributed by atoms with E-state index in [1.54, 1.807) is 5.57 Å². The third-order valence-electron chi connectivity index (χ3n) is 3.19. The molecule has 0 nitrogen and oxygen atoms in total. The first-order valence-corrected chi connectivity index (χ1v) is 5.53. The molecule has 0 N–H and O–H groups in total. The van der Waals surface area contributed by atoms with Crippen LogP contribution in [0.5, 0.6) is 0 Å². The summed E-state index contributed by atoms with van der Waals surface area (Å²) in [5, 5.41) is 0. The molecule has 14 heavy (non-hydrogen) atoms. The first-order valence-electron chi connectivity index (χ1n) is 5.53. The maximum absolute atomic E-state index is 2.29. The Hall–Kier alpha value is -1.04. The molecule has 0 saturated heterocycles. The first-order chi connectivity index (χ1) is 6.77. The molecule has 1 aromatic rings. The fourth-order valence-electron chi connectivity index (χ4n) is 2.26. The molecule has 1 aromatic carbocycles. The monoisotopic (exact) mass is 186 g/mol. The van der Waals surface area contributed by atoms with Crippen molar-refractivity contribution in [2.45, 2.75) is 39.5 Å².